The number of nitrogens with zero attached hydrogens (tertiary/aromatic N) is 1. The van der Waals surface area contributed by atoms with E-state index in [-0.39, 0.29) is 17.7 Å². The molecule has 0 fully saturated rings. The predicted octanol–water partition coefficient (Wildman–Crippen LogP) is 4.37. The highest BCUT2D eigenvalue weighted by Gasteiger charge is 2.30. The number of aromatic carboxylic acids is 1. The Balaban J connectivity index is 2.30. The Hall–Kier alpha value is -3.76. The molecule has 0 bridgehead atoms. The maximum absolute atomic E-state index is 13.4. The summed E-state index contributed by atoms with van der Waals surface area (Å²) in [5.74, 6) is -2.09. The van der Waals surface area contributed by atoms with Crippen LogP contribution in [0, 0.1) is 0 Å². The van der Waals surface area contributed by atoms with Crippen LogP contribution >= 0.6 is 0 Å². The summed E-state index contributed by atoms with van der Waals surface area (Å²) in [6, 6.07) is 8.87. The average molecular weight is 483 g/mol. The molecule has 2 aromatic rings. The smallest absolute Gasteiger partial charge is 0.416 e. The van der Waals surface area contributed by atoms with Gasteiger partial charge in [-0.1, -0.05) is 24.3 Å². The third-order valence-electron chi connectivity index (χ3n) is 4.97. The first-order chi connectivity index (χ1) is 15.8. The van der Waals surface area contributed by atoms with E-state index >= 15 is 0 Å². The molecule has 0 aliphatic carbocycles. The molecule has 1 atom stereocenters. The third-order valence-corrected chi connectivity index (χ3v) is 4.97. The number of allylic oxidation sites excluding steroid dienone is 1. The number of nitrogens with one attached hydrogen (secondary N) is 1. The van der Waals surface area contributed by atoms with Gasteiger partial charge in [0.2, 0.25) is 0 Å². The maximum atomic E-state index is 13.4. The Morgan fingerprint density at radius 2 is 1.62 bits per heavy atom. The number of carbonyl (C=O) groups is 2. The molecule has 0 spiro atoms. The summed E-state index contributed by atoms with van der Waals surface area (Å²) in [6.45, 7) is 1.56. The van der Waals surface area contributed by atoms with Crippen LogP contribution in [-0.4, -0.2) is 36.2 Å². The number of carboxylic acid groups (broad SMARTS) is 1. The molecule has 1 unspecified atom stereocenters. The van der Waals surface area contributed by atoms with E-state index in [0.29, 0.717) is 11.1 Å². The number of hydrogen-bond acceptors (Lipinski definition) is 4. The van der Waals surface area contributed by atoms with Crippen LogP contribution in [0.3, 0.4) is 0 Å². The Bertz CT molecular complexity index is 1090. The molecule has 1 amide bonds. The van der Waals surface area contributed by atoms with Crippen LogP contribution in [0.25, 0.3) is 0 Å². The van der Waals surface area contributed by atoms with Crippen molar-refractivity contribution in [2.24, 2.45) is 10.7 Å². The van der Waals surface area contributed by atoms with Crippen molar-refractivity contribution in [1.82, 2.24) is 5.32 Å². The maximum Gasteiger partial charge on any atom is 0.416 e. The lowest BCUT2D eigenvalue weighted by Gasteiger charge is -2.19. The minimum Gasteiger partial charge on any atom is -0.478 e. The van der Waals surface area contributed by atoms with E-state index in [4.69, 9.17) is 10.8 Å². The molecule has 0 saturated carbocycles. The van der Waals surface area contributed by atoms with E-state index in [1.165, 1.54) is 31.3 Å². The molecule has 0 radical (unpaired) electrons. The van der Waals surface area contributed by atoms with E-state index in [2.05, 4.69) is 10.3 Å². The van der Waals surface area contributed by atoms with Gasteiger partial charge in [0.1, 0.15) is 0 Å². The number of hydrogen-bond donors (Lipinski definition) is 3. The van der Waals surface area contributed by atoms with Crippen molar-refractivity contribution >= 4 is 17.6 Å². The first-order valence-electron chi connectivity index (χ1n) is 9.89. The van der Waals surface area contributed by atoms with Gasteiger partial charge < -0.3 is 16.2 Å². The van der Waals surface area contributed by atoms with Gasteiger partial charge in [0, 0.05) is 13.5 Å². The zero-order valence-electron chi connectivity index (χ0n) is 18.2. The van der Waals surface area contributed by atoms with E-state index in [9.17, 15) is 31.5 Å². The summed E-state index contributed by atoms with van der Waals surface area (Å²) in [7, 11) is 1.25. The summed E-state index contributed by atoms with van der Waals surface area (Å²) in [6.07, 6.45) is -7.94. The normalized spacial score (nSPS) is 13.9. The molecule has 11 heteroatoms. The quantitative estimate of drug-likeness (QED) is 0.295. The van der Waals surface area contributed by atoms with Gasteiger partial charge in [-0.3, -0.25) is 9.79 Å². The van der Waals surface area contributed by atoms with Gasteiger partial charge in [0.05, 0.1) is 34.2 Å². The van der Waals surface area contributed by atoms with Gasteiger partial charge in [-0.05, 0) is 42.3 Å². The van der Waals surface area contributed by atoms with Crippen LogP contribution in [0.1, 0.15) is 40.0 Å². The molecule has 6 nitrogen and oxygen atoms in total. The number of alkyl halides is 5. The second-order valence-electron chi connectivity index (χ2n) is 7.30. The van der Waals surface area contributed by atoms with Crippen molar-refractivity contribution < 1.29 is 36.6 Å². The topological polar surface area (TPSA) is 105 Å². The van der Waals surface area contributed by atoms with Crippen molar-refractivity contribution in [3.05, 3.63) is 82.1 Å². The van der Waals surface area contributed by atoms with E-state index in [1.807, 2.05) is 0 Å². The van der Waals surface area contributed by atoms with Crippen LogP contribution in [0.15, 0.2) is 64.8 Å². The zero-order valence-corrected chi connectivity index (χ0v) is 18.2. The molecule has 0 aliphatic heterocycles. The third kappa shape index (κ3) is 6.63. The fraction of sp³-hybridized carbons (Fsp3) is 0.261. The highest BCUT2D eigenvalue weighted by Crippen LogP contribution is 2.29. The number of amides is 1. The SMILES string of the molecule is CN=C(Cc1ccc(C(F)(F)F)cc1)C(C(=O)NC(C)c1ccc(C(=O)O)cc1)=C(N)C(F)F. The van der Waals surface area contributed by atoms with Crippen molar-refractivity contribution in [1.29, 1.82) is 0 Å². The number of carbonyl (C=O) groups excluding carboxylic acids is 1. The molecule has 4 N–H and O–H groups in total. The first-order valence-corrected chi connectivity index (χ1v) is 9.89. The van der Waals surface area contributed by atoms with Crippen LogP contribution in [0.5, 0.6) is 0 Å². The number of carboxylic acids is 1. The van der Waals surface area contributed by atoms with Crippen molar-refractivity contribution in [2.45, 2.75) is 32.0 Å². The Kier molecular flexibility index (Phi) is 8.50. The summed E-state index contributed by atoms with van der Waals surface area (Å²) >= 11 is 0. The van der Waals surface area contributed by atoms with Crippen molar-refractivity contribution in [3.63, 3.8) is 0 Å². The molecular weight excluding hydrogens is 461 g/mol. The molecule has 2 aromatic carbocycles. The van der Waals surface area contributed by atoms with Gasteiger partial charge in [0.15, 0.2) is 0 Å². The van der Waals surface area contributed by atoms with Gasteiger partial charge in [-0.2, -0.15) is 13.2 Å². The summed E-state index contributed by atoms with van der Waals surface area (Å²) < 4.78 is 65.2. The average Bonchev–Trinajstić information content (AvgIpc) is 2.78. The van der Waals surface area contributed by atoms with Gasteiger partial charge >= 0.3 is 12.1 Å². The molecule has 0 heterocycles. The highest BCUT2D eigenvalue weighted by atomic mass is 19.4. The number of halogens is 5. The Morgan fingerprint density at radius 3 is 2.06 bits per heavy atom. The van der Waals surface area contributed by atoms with Crippen LogP contribution in [0.2, 0.25) is 0 Å². The molecule has 0 aliphatic rings. The van der Waals surface area contributed by atoms with Gasteiger partial charge in [-0.25, -0.2) is 13.6 Å². The number of nitrogens with two attached hydrogens (primary N) is 1. The second kappa shape index (κ2) is 10.9. The second-order valence-corrected chi connectivity index (χ2v) is 7.30. The number of benzene rings is 2. The fourth-order valence-electron chi connectivity index (χ4n) is 3.09. The summed E-state index contributed by atoms with van der Waals surface area (Å²) in [4.78, 5) is 27.8. The first kappa shape index (κ1) is 26.5. The molecule has 182 valence electrons. The number of aliphatic imine (C=N–C) groups is 1. The lowest BCUT2D eigenvalue weighted by atomic mass is 9.98. The number of rotatable bonds is 8. The fourth-order valence-corrected chi connectivity index (χ4v) is 3.09. The molecular formula is C23H22F5N3O3. The van der Waals surface area contributed by atoms with Gasteiger partial charge in [-0.15, -0.1) is 0 Å². The van der Waals surface area contributed by atoms with Crippen LogP contribution < -0.4 is 11.1 Å². The monoisotopic (exact) mass is 483 g/mol. The molecule has 0 aromatic heterocycles. The standard InChI is InChI=1S/C23H22F5N3O3/c1-12(14-5-7-15(8-6-14)22(33)34)31-21(32)18(19(29)20(24)25)17(30-2)11-13-3-9-16(10-4-13)23(26,27)28/h3-10,12,20H,11,29H2,1-2H3,(H,31,32)(H,33,34). The van der Waals surface area contributed by atoms with E-state index in [0.717, 1.165) is 24.3 Å². The van der Waals surface area contributed by atoms with Crippen LogP contribution in [-0.2, 0) is 17.4 Å². The minimum absolute atomic E-state index is 0.0294. The van der Waals surface area contributed by atoms with Crippen molar-refractivity contribution in [2.75, 3.05) is 7.05 Å². The zero-order chi connectivity index (χ0) is 25.6. The van der Waals surface area contributed by atoms with E-state index < -0.39 is 47.4 Å². The van der Waals surface area contributed by atoms with Gasteiger partial charge in [0.25, 0.3) is 12.3 Å². The van der Waals surface area contributed by atoms with Crippen molar-refractivity contribution in [3.8, 4) is 0 Å². The summed E-state index contributed by atoms with van der Waals surface area (Å²) in [5, 5.41) is 11.5. The highest BCUT2D eigenvalue weighted by molar-refractivity contribution is 6.22. The van der Waals surface area contributed by atoms with E-state index in [1.54, 1.807) is 6.92 Å². The lowest BCUT2D eigenvalue weighted by molar-refractivity contribution is -0.137. The lowest BCUT2D eigenvalue weighted by Crippen LogP contribution is -2.34. The molecule has 0 saturated heterocycles. The Labute approximate surface area is 192 Å². The van der Waals surface area contributed by atoms with Crippen LogP contribution in [0.4, 0.5) is 22.0 Å². The predicted molar refractivity (Wildman–Crippen MR) is 116 cm³/mol. The Morgan fingerprint density at radius 1 is 1.06 bits per heavy atom. The summed E-state index contributed by atoms with van der Waals surface area (Å²) in [5.41, 5.74) is 3.73. The molecule has 34 heavy (non-hydrogen) atoms. The minimum atomic E-state index is -4.54. The molecule has 2 rings (SSSR count). The largest absolute Gasteiger partial charge is 0.478 e.